The molecule has 17 heavy (non-hydrogen) atoms. The number of nitrogen functional groups attached to an aromatic ring is 1. The van der Waals surface area contributed by atoms with Crippen molar-refractivity contribution in [3.05, 3.63) is 18.2 Å². The molecule has 5 heteroatoms. The van der Waals surface area contributed by atoms with Gasteiger partial charge in [-0.2, -0.15) is 0 Å². The summed E-state index contributed by atoms with van der Waals surface area (Å²) in [5, 5.41) is 12.3. The highest BCUT2D eigenvalue weighted by Gasteiger charge is 2.16. The number of nitrogens with two attached hydrogens (primary N) is 1. The summed E-state index contributed by atoms with van der Waals surface area (Å²) in [5.74, 6) is 0.701. The van der Waals surface area contributed by atoms with Gasteiger partial charge >= 0.3 is 0 Å². The Bertz CT molecular complexity index is 518. The fraction of sp³-hybridized carbons (Fsp3) is 0.417. The molecule has 5 nitrogen and oxygen atoms in total. The maximum atomic E-state index is 9.16. The van der Waals surface area contributed by atoms with Gasteiger partial charge in [0.2, 0.25) is 5.95 Å². The third-order valence-electron chi connectivity index (χ3n) is 2.67. The largest absolute Gasteiger partial charge is 0.399 e. The van der Waals surface area contributed by atoms with Gasteiger partial charge in [0.25, 0.3) is 0 Å². The minimum absolute atomic E-state index is 0.132. The van der Waals surface area contributed by atoms with Crippen LogP contribution < -0.4 is 11.1 Å². The predicted molar refractivity (Wildman–Crippen MR) is 69.9 cm³/mol. The maximum Gasteiger partial charge on any atom is 0.201 e. The number of H-pyrrole nitrogens is 1. The Kier molecular flexibility index (Phi) is 2.93. The van der Waals surface area contributed by atoms with Crippen LogP contribution in [0, 0.1) is 5.41 Å². The van der Waals surface area contributed by atoms with Crippen molar-refractivity contribution in [2.24, 2.45) is 5.41 Å². The van der Waals surface area contributed by atoms with E-state index in [0.29, 0.717) is 18.2 Å². The lowest BCUT2D eigenvalue weighted by Gasteiger charge is -2.21. The van der Waals surface area contributed by atoms with E-state index in [1.165, 1.54) is 0 Å². The summed E-state index contributed by atoms with van der Waals surface area (Å²) in [7, 11) is 0. The average Bonchev–Trinajstić information content (AvgIpc) is 2.68. The zero-order valence-electron chi connectivity index (χ0n) is 10.1. The van der Waals surface area contributed by atoms with Crippen molar-refractivity contribution in [2.45, 2.75) is 13.8 Å². The average molecular weight is 234 g/mol. The van der Waals surface area contributed by atoms with E-state index in [4.69, 9.17) is 10.8 Å². The van der Waals surface area contributed by atoms with Crippen molar-refractivity contribution >= 4 is 22.7 Å². The zero-order valence-corrected chi connectivity index (χ0v) is 10.1. The molecule has 0 saturated heterocycles. The van der Waals surface area contributed by atoms with Gasteiger partial charge in [-0.15, -0.1) is 0 Å². The monoisotopic (exact) mass is 234 g/mol. The van der Waals surface area contributed by atoms with Crippen molar-refractivity contribution < 1.29 is 5.11 Å². The molecule has 1 aromatic heterocycles. The number of rotatable bonds is 4. The van der Waals surface area contributed by atoms with E-state index in [9.17, 15) is 0 Å². The van der Waals surface area contributed by atoms with Crippen molar-refractivity contribution in [1.82, 2.24) is 9.97 Å². The number of aliphatic hydroxyl groups excluding tert-OH is 1. The van der Waals surface area contributed by atoms with Crippen LogP contribution in [0.5, 0.6) is 0 Å². The summed E-state index contributed by atoms with van der Waals surface area (Å²) < 4.78 is 0. The van der Waals surface area contributed by atoms with E-state index >= 15 is 0 Å². The number of aliphatic hydroxyl groups is 1. The quantitative estimate of drug-likeness (QED) is 0.605. The predicted octanol–water partition coefficient (Wildman–Crippen LogP) is 1.58. The van der Waals surface area contributed by atoms with Crippen LogP contribution in [-0.4, -0.2) is 28.2 Å². The van der Waals surface area contributed by atoms with Gasteiger partial charge in [0.1, 0.15) is 0 Å². The van der Waals surface area contributed by atoms with E-state index in [0.717, 1.165) is 11.0 Å². The number of aromatic amines is 1. The Labute approximate surface area is 100 Å². The Hall–Kier alpha value is -1.75. The van der Waals surface area contributed by atoms with E-state index in [-0.39, 0.29) is 12.0 Å². The van der Waals surface area contributed by atoms with Crippen LogP contribution >= 0.6 is 0 Å². The fourth-order valence-corrected chi connectivity index (χ4v) is 1.49. The van der Waals surface area contributed by atoms with Gasteiger partial charge in [-0.3, -0.25) is 0 Å². The molecule has 0 unspecified atom stereocenters. The molecule has 1 heterocycles. The summed E-state index contributed by atoms with van der Waals surface area (Å²) in [6.45, 7) is 4.76. The van der Waals surface area contributed by atoms with Crippen LogP contribution in [0.3, 0.4) is 0 Å². The number of nitrogens with zero attached hydrogens (tertiary/aromatic N) is 1. The molecule has 2 aromatic rings. The standard InChI is InChI=1S/C12H18N4O/c1-12(2,7-17)6-14-11-15-9-4-3-8(13)5-10(9)16-11/h3-5,17H,6-7,13H2,1-2H3,(H2,14,15,16). The number of anilines is 2. The van der Waals surface area contributed by atoms with Crippen LogP contribution in [-0.2, 0) is 0 Å². The number of fused-ring (bicyclic) bond motifs is 1. The number of nitrogens with one attached hydrogen (secondary N) is 2. The molecule has 0 bridgehead atoms. The summed E-state index contributed by atoms with van der Waals surface area (Å²) in [6.07, 6.45) is 0. The highest BCUT2D eigenvalue weighted by molar-refractivity contribution is 5.80. The maximum absolute atomic E-state index is 9.16. The number of hydrogen-bond acceptors (Lipinski definition) is 4. The van der Waals surface area contributed by atoms with Gasteiger partial charge < -0.3 is 21.1 Å². The Morgan fingerprint density at radius 1 is 1.47 bits per heavy atom. The Balaban J connectivity index is 2.15. The normalized spacial score (nSPS) is 11.9. The first-order valence-electron chi connectivity index (χ1n) is 5.60. The highest BCUT2D eigenvalue weighted by Crippen LogP contribution is 2.19. The van der Waals surface area contributed by atoms with Gasteiger partial charge in [-0.25, -0.2) is 4.98 Å². The van der Waals surface area contributed by atoms with Gasteiger partial charge in [-0.1, -0.05) is 13.8 Å². The molecular weight excluding hydrogens is 216 g/mol. The number of aromatic nitrogens is 2. The lowest BCUT2D eigenvalue weighted by Crippen LogP contribution is -2.27. The third-order valence-corrected chi connectivity index (χ3v) is 2.67. The van der Waals surface area contributed by atoms with E-state index in [2.05, 4.69) is 15.3 Å². The minimum atomic E-state index is -0.169. The lowest BCUT2D eigenvalue weighted by molar-refractivity contribution is 0.170. The molecule has 2 rings (SSSR count). The minimum Gasteiger partial charge on any atom is -0.399 e. The molecule has 0 spiro atoms. The van der Waals surface area contributed by atoms with E-state index < -0.39 is 0 Å². The molecule has 92 valence electrons. The highest BCUT2D eigenvalue weighted by atomic mass is 16.3. The van der Waals surface area contributed by atoms with Crippen LogP contribution in [0.4, 0.5) is 11.6 Å². The number of hydrogen-bond donors (Lipinski definition) is 4. The first-order valence-corrected chi connectivity index (χ1v) is 5.60. The molecule has 5 N–H and O–H groups in total. The van der Waals surface area contributed by atoms with Crippen LogP contribution in [0.1, 0.15) is 13.8 Å². The van der Waals surface area contributed by atoms with Gasteiger partial charge in [0, 0.05) is 24.3 Å². The lowest BCUT2D eigenvalue weighted by atomic mass is 9.95. The summed E-state index contributed by atoms with van der Waals surface area (Å²) in [5.41, 5.74) is 8.03. The topological polar surface area (TPSA) is 87.0 Å². The molecule has 0 amide bonds. The molecule has 0 aliphatic rings. The van der Waals surface area contributed by atoms with Crippen molar-refractivity contribution in [3.8, 4) is 0 Å². The fourth-order valence-electron chi connectivity index (χ4n) is 1.49. The third kappa shape index (κ3) is 2.68. The smallest absolute Gasteiger partial charge is 0.201 e. The van der Waals surface area contributed by atoms with Crippen molar-refractivity contribution in [2.75, 3.05) is 24.2 Å². The first-order chi connectivity index (χ1) is 8.00. The second kappa shape index (κ2) is 4.25. The summed E-state index contributed by atoms with van der Waals surface area (Å²) >= 11 is 0. The van der Waals surface area contributed by atoms with Crippen LogP contribution in [0.25, 0.3) is 11.0 Å². The number of benzene rings is 1. The second-order valence-corrected chi connectivity index (χ2v) is 5.04. The first kappa shape index (κ1) is 11.7. The summed E-state index contributed by atoms with van der Waals surface area (Å²) in [4.78, 5) is 7.54. The van der Waals surface area contributed by atoms with Crippen LogP contribution in [0.15, 0.2) is 18.2 Å². The number of imidazole rings is 1. The molecule has 0 radical (unpaired) electrons. The van der Waals surface area contributed by atoms with Crippen molar-refractivity contribution in [1.29, 1.82) is 0 Å². The summed E-state index contributed by atoms with van der Waals surface area (Å²) in [6, 6.07) is 5.55. The van der Waals surface area contributed by atoms with Crippen molar-refractivity contribution in [3.63, 3.8) is 0 Å². The SMILES string of the molecule is CC(C)(CO)CNc1nc2ccc(N)cc2[nH]1. The van der Waals surface area contributed by atoms with E-state index in [1.54, 1.807) is 0 Å². The molecule has 0 aliphatic heterocycles. The molecule has 0 fully saturated rings. The van der Waals surface area contributed by atoms with Gasteiger partial charge in [0.15, 0.2) is 0 Å². The Morgan fingerprint density at radius 3 is 2.94 bits per heavy atom. The molecule has 1 aromatic carbocycles. The van der Waals surface area contributed by atoms with E-state index in [1.807, 2.05) is 32.0 Å². The molecule has 0 saturated carbocycles. The van der Waals surface area contributed by atoms with Crippen LogP contribution in [0.2, 0.25) is 0 Å². The molecular formula is C12H18N4O. The zero-order chi connectivity index (χ0) is 12.5. The Morgan fingerprint density at radius 2 is 2.24 bits per heavy atom. The molecule has 0 aliphatic carbocycles. The molecule has 0 atom stereocenters. The second-order valence-electron chi connectivity index (χ2n) is 5.04. The van der Waals surface area contributed by atoms with Gasteiger partial charge in [0.05, 0.1) is 11.0 Å². The van der Waals surface area contributed by atoms with Gasteiger partial charge in [-0.05, 0) is 18.2 Å².